The Labute approximate surface area is 194 Å². The predicted molar refractivity (Wildman–Crippen MR) is 129 cm³/mol. The van der Waals surface area contributed by atoms with Crippen LogP contribution in [0.3, 0.4) is 0 Å². The third-order valence-corrected chi connectivity index (χ3v) is 5.33. The summed E-state index contributed by atoms with van der Waals surface area (Å²) in [5.41, 5.74) is 3.70. The summed E-state index contributed by atoms with van der Waals surface area (Å²) in [5.74, 6) is -0.191. The molecule has 0 aliphatic heterocycles. The number of aliphatic hydroxyl groups is 2. The van der Waals surface area contributed by atoms with Crippen LogP contribution in [0.15, 0.2) is 84.9 Å². The molecule has 33 heavy (non-hydrogen) atoms. The van der Waals surface area contributed by atoms with E-state index >= 15 is 0 Å². The van der Waals surface area contributed by atoms with E-state index in [0.29, 0.717) is 31.6 Å². The first-order valence-corrected chi connectivity index (χ1v) is 11.1. The Morgan fingerprint density at radius 2 is 1.70 bits per heavy atom. The molecule has 0 amide bonds. The molecule has 3 rings (SSSR count). The molecule has 0 spiro atoms. The summed E-state index contributed by atoms with van der Waals surface area (Å²) in [5, 5.41) is 29.7. The number of carbonyl (C=O) groups is 1. The van der Waals surface area contributed by atoms with Gasteiger partial charge in [0.25, 0.3) is 0 Å². The van der Waals surface area contributed by atoms with Gasteiger partial charge in [0.15, 0.2) is 0 Å². The Bertz CT molecular complexity index is 1040. The van der Waals surface area contributed by atoms with E-state index in [0.717, 1.165) is 22.3 Å². The minimum absolute atomic E-state index is 0.0488. The van der Waals surface area contributed by atoms with Gasteiger partial charge >= 0.3 is 5.97 Å². The number of benzene rings is 3. The fraction of sp³-hybridized carbons (Fsp3) is 0.250. The standard InChI is InChI=1S/C28H30O5/c29-25(17-18-33-27-12-5-4-11-24(27)14-16-28(31)32)15-13-21-7-6-8-22(19-21)20-26(30)23-9-2-1-3-10-23/h1-13,15,19,25-26,29-30H,14,16-18,20H2,(H,31,32)/b15-13+/t25-,26+/m0/s1. The molecule has 0 bridgehead atoms. The van der Waals surface area contributed by atoms with Crippen molar-refractivity contribution in [3.63, 3.8) is 0 Å². The van der Waals surface area contributed by atoms with Crippen LogP contribution >= 0.6 is 0 Å². The van der Waals surface area contributed by atoms with E-state index in [1.807, 2.05) is 84.9 Å². The molecule has 5 heteroatoms. The molecule has 0 saturated carbocycles. The molecule has 0 aliphatic rings. The summed E-state index contributed by atoms with van der Waals surface area (Å²) >= 11 is 0. The number of carboxylic acid groups (broad SMARTS) is 1. The van der Waals surface area contributed by atoms with Gasteiger partial charge in [-0.1, -0.05) is 84.9 Å². The number of aliphatic carboxylic acids is 1. The summed E-state index contributed by atoms with van der Waals surface area (Å²) in [6, 6.07) is 24.8. The minimum atomic E-state index is -0.844. The van der Waals surface area contributed by atoms with Crippen molar-refractivity contribution >= 4 is 12.0 Å². The first kappa shape index (κ1) is 24.2. The maximum absolute atomic E-state index is 10.8. The summed E-state index contributed by atoms with van der Waals surface area (Å²) in [4.78, 5) is 10.8. The maximum atomic E-state index is 10.8. The van der Waals surface area contributed by atoms with Gasteiger partial charge in [0, 0.05) is 19.3 Å². The lowest BCUT2D eigenvalue weighted by Crippen LogP contribution is -2.10. The average Bonchev–Trinajstić information content (AvgIpc) is 2.83. The van der Waals surface area contributed by atoms with Crippen LogP contribution in [0.2, 0.25) is 0 Å². The SMILES string of the molecule is O=C(O)CCc1ccccc1OCC[C@@H](O)/C=C/c1cccc(C[C@@H](O)c2ccccc2)c1. The summed E-state index contributed by atoms with van der Waals surface area (Å²) < 4.78 is 5.78. The Morgan fingerprint density at radius 1 is 0.939 bits per heavy atom. The van der Waals surface area contributed by atoms with Gasteiger partial charge in [0.2, 0.25) is 0 Å². The van der Waals surface area contributed by atoms with Crippen LogP contribution in [-0.4, -0.2) is 34.0 Å². The lowest BCUT2D eigenvalue weighted by atomic mass is 10.00. The Balaban J connectivity index is 1.49. The van der Waals surface area contributed by atoms with Crippen molar-refractivity contribution in [3.8, 4) is 5.75 Å². The molecular formula is C28H30O5. The fourth-order valence-corrected chi connectivity index (χ4v) is 3.54. The van der Waals surface area contributed by atoms with Gasteiger partial charge in [-0.25, -0.2) is 0 Å². The van der Waals surface area contributed by atoms with Crippen molar-refractivity contribution in [2.45, 2.75) is 37.9 Å². The van der Waals surface area contributed by atoms with E-state index in [4.69, 9.17) is 9.84 Å². The first-order valence-electron chi connectivity index (χ1n) is 11.1. The van der Waals surface area contributed by atoms with Crippen molar-refractivity contribution in [2.75, 3.05) is 6.61 Å². The van der Waals surface area contributed by atoms with Crippen molar-refractivity contribution in [1.82, 2.24) is 0 Å². The van der Waals surface area contributed by atoms with Crippen LogP contribution < -0.4 is 4.74 Å². The van der Waals surface area contributed by atoms with Gasteiger partial charge in [-0.3, -0.25) is 4.79 Å². The second kappa shape index (κ2) is 12.6. The normalized spacial score (nSPS) is 13.0. The smallest absolute Gasteiger partial charge is 0.303 e. The molecule has 3 aromatic carbocycles. The molecule has 0 heterocycles. The number of aryl methyl sites for hydroxylation is 1. The first-order chi connectivity index (χ1) is 16.0. The lowest BCUT2D eigenvalue weighted by molar-refractivity contribution is -0.136. The number of hydrogen-bond acceptors (Lipinski definition) is 4. The van der Waals surface area contributed by atoms with Crippen molar-refractivity contribution in [3.05, 3.63) is 107 Å². The summed E-state index contributed by atoms with van der Waals surface area (Å²) in [7, 11) is 0. The zero-order valence-corrected chi connectivity index (χ0v) is 18.5. The van der Waals surface area contributed by atoms with E-state index < -0.39 is 18.2 Å². The van der Waals surface area contributed by atoms with Gasteiger partial charge < -0.3 is 20.1 Å². The largest absolute Gasteiger partial charge is 0.493 e. The third-order valence-electron chi connectivity index (χ3n) is 5.33. The summed E-state index contributed by atoms with van der Waals surface area (Å²) in [6.07, 6.45) is 3.74. The van der Waals surface area contributed by atoms with E-state index in [1.165, 1.54) is 0 Å². The van der Waals surface area contributed by atoms with Crippen LogP contribution in [-0.2, 0) is 17.6 Å². The molecular weight excluding hydrogens is 416 g/mol. The number of hydrogen-bond donors (Lipinski definition) is 3. The van der Waals surface area contributed by atoms with E-state index in [-0.39, 0.29) is 6.42 Å². The zero-order chi connectivity index (χ0) is 23.5. The van der Waals surface area contributed by atoms with Crippen LogP contribution in [0.1, 0.15) is 41.2 Å². The quantitative estimate of drug-likeness (QED) is 0.371. The molecule has 5 nitrogen and oxygen atoms in total. The van der Waals surface area contributed by atoms with Crippen LogP contribution in [0, 0.1) is 0 Å². The monoisotopic (exact) mass is 446 g/mol. The molecule has 0 aliphatic carbocycles. The fourth-order valence-electron chi connectivity index (χ4n) is 3.54. The highest BCUT2D eigenvalue weighted by atomic mass is 16.5. The third kappa shape index (κ3) is 8.22. The molecule has 0 radical (unpaired) electrons. The van der Waals surface area contributed by atoms with Gasteiger partial charge in [0.1, 0.15) is 5.75 Å². The number of aliphatic hydroxyl groups excluding tert-OH is 2. The molecule has 0 fully saturated rings. The average molecular weight is 447 g/mol. The zero-order valence-electron chi connectivity index (χ0n) is 18.5. The van der Waals surface area contributed by atoms with Gasteiger partial charge in [-0.05, 0) is 34.7 Å². The molecule has 3 N–H and O–H groups in total. The number of para-hydroxylation sites is 1. The maximum Gasteiger partial charge on any atom is 0.303 e. The van der Waals surface area contributed by atoms with Crippen molar-refractivity contribution in [2.24, 2.45) is 0 Å². The Morgan fingerprint density at radius 3 is 2.48 bits per heavy atom. The number of carboxylic acids is 1. The van der Waals surface area contributed by atoms with Gasteiger partial charge in [-0.15, -0.1) is 0 Å². The predicted octanol–water partition coefficient (Wildman–Crippen LogP) is 4.82. The second-order valence-corrected chi connectivity index (χ2v) is 7.94. The van der Waals surface area contributed by atoms with Gasteiger partial charge in [0.05, 0.1) is 18.8 Å². The van der Waals surface area contributed by atoms with Gasteiger partial charge in [-0.2, -0.15) is 0 Å². The highest BCUT2D eigenvalue weighted by Gasteiger charge is 2.09. The van der Waals surface area contributed by atoms with Crippen LogP contribution in [0.25, 0.3) is 6.08 Å². The molecule has 0 aromatic heterocycles. The molecule has 0 saturated heterocycles. The summed E-state index contributed by atoms with van der Waals surface area (Å²) in [6.45, 7) is 0.318. The minimum Gasteiger partial charge on any atom is -0.493 e. The molecule has 3 aromatic rings. The highest BCUT2D eigenvalue weighted by Crippen LogP contribution is 2.21. The van der Waals surface area contributed by atoms with Crippen LogP contribution in [0.4, 0.5) is 0 Å². The van der Waals surface area contributed by atoms with E-state index in [1.54, 1.807) is 6.08 Å². The van der Waals surface area contributed by atoms with Crippen molar-refractivity contribution in [1.29, 1.82) is 0 Å². The number of rotatable bonds is 12. The van der Waals surface area contributed by atoms with E-state index in [9.17, 15) is 15.0 Å². The topological polar surface area (TPSA) is 87.0 Å². The molecule has 2 atom stereocenters. The van der Waals surface area contributed by atoms with E-state index in [2.05, 4.69) is 0 Å². The van der Waals surface area contributed by atoms with Crippen molar-refractivity contribution < 1.29 is 24.9 Å². The Kier molecular flexibility index (Phi) is 9.24. The van der Waals surface area contributed by atoms with Crippen LogP contribution in [0.5, 0.6) is 5.75 Å². The number of ether oxygens (including phenoxy) is 1. The second-order valence-electron chi connectivity index (χ2n) is 7.94. The Hall–Kier alpha value is -3.41. The lowest BCUT2D eigenvalue weighted by Gasteiger charge is -2.12. The molecule has 0 unspecified atom stereocenters. The highest BCUT2D eigenvalue weighted by molar-refractivity contribution is 5.67. The molecule has 172 valence electrons.